The number of rotatable bonds is 17. The Morgan fingerprint density at radius 2 is 1.36 bits per heavy atom. The second kappa shape index (κ2) is 26.4. The number of carbonyl (C=O) groups is 5. The van der Waals surface area contributed by atoms with Crippen LogP contribution in [-0.2, 0) is 27.4 Å². The molecule has 81 heavy (non-hydrogen) atoms. The minimum atomic E-state index is -5.08. The lowest BCUT2D eigenvalue weighted by Crippen LogP contribution is -2.25. The largest absolute Gasteiger partial charge is 0.506 e. The van der Waals surface area contributed by atoms with Gasteiger partial charge in [0, 0.05) is 52.5 Å². The number of carboxylic acid groups (broad SMARTS) is 1. The third kappa shape index (κ3) is 16.0. The van der Waals surface area contributed by atoms with Crippen LogP contribution in [0.4, 0.5) is 51.2 Å². The van der Waals surface area contributed by atoms with E-state index in [-0.39, 0.29) is 71.1 Å². The number of aliphatic imine (C=N–C) groups is 3. The van der Waals surface area contributed by atoms with Crippen molar-refractivity contribution >= 4 is 92.9 Å². The zero-order valence-corrected chi connectivity index (χ0v) is 43.5. The minimum absolute atomic E-state index is 0.0153. The van der Waals surface area contributed by atoms with Crippen LogP contribution in [0.2, 0.25) is 0 Å². The van der Waals surface area contributed by atoms with Crippen LogP contribution in [0.3, 0.4) is 0 Å². The number of thioether (sulfide) groups is 1. The molecular formula is C54H50F3N13O10S. The molecule has 0 fully saturated rings. The number of hydrogen-bond acceptors (Lipinski definition) is 17. The number of carbonyl (C=O) groups excluding carboxylic acids is 4. The average Bonchev–Trinajstić information content (AvgIpc) is 4.30. The van der Waals surface area contributed by atoms with Crippen molar-refractivity contribution in [3.05, 3.63) is 166 Å². The number of ether oxygens (including phenoxy) is 2. The number of hydrogen-bond donors (Lipinski definition) is 10. The summed E-state index contributed by atoms with van der Waals surface area (Å²) in [5.41, 5.74) is 4.92. The zero-order valence-electron chi connectivity index (χ0n) is 42.7. The predicted octanol–water partition coefficient (Wildman–Crippen LogP) is 7.81. The van der Waals surface area contributed by atoms with Crippen LogP contribution in [0.1, 0.15) is 39.7 Å². The van der Waals surface area contributed by atoms with Crippen molar-refractivity contribution in [1.82, 2.24) is 30.9 Å². The van der Waals surface area contributed by atoms with E-state index in [2.05, 4.69) is 62.5 Å². The molecule has 0 atom stereocenters. The summed E-state index contributed by atoms with van der Waals surface area (Å²) in [6, 6.07) is 31.5. The molecule has 23 nitrogen and oxygen atoms in total. The van der Waals surface area contributed by atoms with E-state index in [1.165, 1.54) is 28.9 Å². The highest BCUT2D eigenvalue weighted by Gasteiger charge is 2.38. The maximum atomic E-state index is 13.7. The van der Waals surface area contributed by atoms with Crippen LogP contribution in [0, 0.1) is 0 Å². The molecule has 0 spiro atoms. The molecule has 3 aliphatic rings. The first-order valence-corrected chi connectivity index (χ1v) is 25.5. The SMILES string of the molecule is CCOC(=O)C1=C(O)/C(=C/c2ccc(OCCn3cc(CNC(=O)c4cc(NC(=O)Nc5ccc(C6=NCCN6)cc5)cc(NC(=O)Nc5ccc(C6=NCCN6)cc5)c4)nn3)c(O)c2)SC1=Nc1ccccc1.O=C(O)C(F)(F)F. The Balaban J connectivity index is 0.00000115. The van der Waals surface area contributed by atoms with Gasteiger partial charge in [0.15, 0.2) is 11.5 Å². The summed E-state index contributed by atoms with van der Waals surface area (Å²) in [6.07, 6.45) is -1.83. The van der Waals surface area contributed by atoms with Crippen molar-refractivity contribution < 1.29 is 61.9 Å². The van der Waals surface area contributed by atoms with Gasteiger partial charge in [0.25, 0.3) is 5.91 Å². The van der Waals surface area contributed by atoms with E-state index in [4.69, 9.17) is 19.4 Å². The van der Waals surface area contributed by atoms with Crippen LogP contribution in [-0.4, -0.2) is 123 Å². The number of amidine groups is 2. The second-order valence-electron chi connectivity index (χ2n) is 17.3. The summed E-state index contributed by atoms with van der Waals surface area (Å²) in [6.45, 7) is 5.05. The van der Waals surface area contributed by atoms with Gasteiger partial charge in [-0.1, -0.05) is 41.2 Å². The molecule has 5 aromatic carbocycles. The van der Waals surface area contributed by atoms with Gasteiger partial charge in [-0.2, -0.15) is 13.2 Å². The van der Waals surface area contributed by atoms with Crippen LogP contribution in [0.5, 0.6) is 11.5 Å². The molecule has 0 unspecified atom stereocenters. The molecule has 3 aliphatic heterocycles. The predicted molar refractivity (Wildman–Crippen MR) is 297 cm³/mol. The van der Waals surface area contributed by atoms with E-state index in [1.54, 1.807) is 67.7 Å². The first-order chi connectivity index (χ1) is 39.0. The van der Waals surface area contributed by atoms with Gasteiger partial charge in [-0.15, -0.1) is 5.10 Å². The summed E-state index contributed by atoms with van der Waals surface area (Å²) in [7, 11) is 0. The highest BCUT2D eigenvalue weighted by Crippen LogP contribution is 2.41. The molecule has 4 heterocycles. The number of nitrogens with zero attached hydrogens (tertiary/aromatic N) is 6. The summed E-state index contributed by atoms with van der Waals surface area (Å²) < 4.78 is 44.3. The highest BCUT2D eigenvalue weighted by molar-refractivity contribution is 8.18. The lowest BCUT2D eigenvalue weighted by Gasteiger charge is -2.14. The number of phenolic OH excluding ortho intramolecular Hbond substituents is 1. The molecule has 6 aromatic rings. The van der Waals surface area contributed by atoms with E-state index in [9.17, 15) is 42.6 Å². The van der Waals surface area contributed by atoms with E-state index in [0.717, 1.165) is 47.6 Å². The van der Waals surface area contributed by atoms with E-state index in [0.29, 0.717) is 46.3 Å². The lowest BCUT2D eigenvalue weighted by molar-refractivity contribution is -0.192. The summed E-state index contributed by atoms with van der Waals surface area (Å²) in [4.78, 5) is 75.6. The number of phenols is 1. The Morgan fingerprint density at radius 3 is 1.89 bits per heavy atom. The lowest BCUT2D eigenvalue weighted by atomic mass is 10.1. The minimum Gasteiger partial charge on any atom is -0.506 e. The number of anilines is 4. The van der Waals surface area contributed by atoms with Crippen molar-refractivity contribution in [2.45, 2.75) is 26.2 Å². The molecule has 0 radical (unpaired) electrons. The van der Waals surface area contributed by atoms with Crippen molar-refractivity contribution in [1.29, 1.82) is 0 Å². The number of para-hydroxylation sites is 1. The molecule has 27 heteroatoms. The fraction of sp³-hybridized carbons (Fsp3) is 0.185. The van der Waals surface area contributed by atoms with Gasteiger partial charge in [0.05, 0.1) is 49.6 Å². The molecule has 0 saturated heterocycles. The Labute approximate surface area is 463 Å². The standard InChI is InChI=1S/C52H49N13O8S.C2HF3O2/c1-2-72-50(69)44-45(67)43(74-49(44)58-35-6-4-3-5-7-35)25-31-8-17-42(41(66)24-31)73-23-22-65-30-40(63-64-65)29-57-48(68)34-26-38(61-51(70)59-36-13-9-32(10-14-36)46-53-18-19-54-46)28-39(27-34)62-52(71)60-37-15-11-33(12-16-37)47-55-20-21-56-47;3-2(4,5)1(6)7/h3-17,24-28,30,66-67H,2,18-23,29H2,1H3,(H,53,54)(H,55,56)(H,57,68)(H2,59,61,70)(H2,60,62,71);(H,6,7)/b43-25-,58-49?;. The van der Waals surface area contributed by atoms with Gasteiger partial charge in [0.2, 0.25) is 0 Å². The number of alkyl halides is 3. The Kier molecular flexibility index (Phi) is 18.6. The van der Waals surface area contributed by atoms with Gasteiger partial charge in [-0.25, -0.2) is 28.9 Å². The number of amides is 5. The molecular weight excluding hydrogens is 1080 g/mol. The number of halogens is 3. The summed E-state index contributed by atoms with van der Waals surface area (Å²) in [5, 5.41) is 58.0. The van der Waals surface area contributed by atoms with Crippen molar-refractivity contribution in [3.8, 4) is 11.5 Å². The number of nitrogens with one attached hydrogen (secondary N) is 7. The molecule has 0 bridgehead atoms. The Morgan fingerprint density at radius 1 is 0.778 bits per heavy atom. The molecule has 5 amide bonds. The number of aliphatic carboxylic acids is 1. The smallest absolute Gasteiger partial charge is 0.490 e. The Bertz CT molecular complexity index is 3380. The quantitative estimate of drug-likeness (QED) is 0.0390. The maximum absolute atomic E-state index is 13.7. The van der Waals surface area contributed by atoms with Crippen molar-refractivity contribution in [2.24, 2.45) is 15.0 Å². The third-order valence-corrected chi connectivity index (χ3v) is 12.4. The number of esters is 1. The van der Waals surface area contributed by atoms with E-state index < -0.39 is 36.1 Å². The van der Waals surface area contributed by atoms with Crippen LogP contribution < -0.4 is 42.0 Å². The molecule has 418 valence electrons. The van der Waals surface area contributed by atoms with Crippen LogP contribution >= 0.6 is 11.8 Å². The summed E-state index contributed by atoms with van der Waals surface area (Å²) in [5.74, 6) is -2.64. The number of urea groups is 2. The molecule has 9 rings (SSSR count). The number of aromatic nitrogens is 3. The average molecular weight is 1130 g/mol. The van der Waals surface area contributed by atoms with E-state index >= 15 is 0 Å². The second-order valence-corrected chi connectivity index (χ2v) is 18.3. The summed E-state index contributed by atoms with van der Waals surface area (Å²) >= 11 is 1.10. The first-order valence-electron chi connectivity index (χ1n) is 24.6. The molecule has 0 saturated carbocycles. The van der Waals surface area contributed by atoms with Gasteiger partial charge in [0.1, 0.15) is 40.3 Å². The topological polar surface area (TPSA) is 316 Å². The number of aromatic hydroxyl groups is 1. The number of aliphatic hydroxyl groups is 1. The first kappa shape index (κ1) is 57.0. The molecule has 0 aliphatic carbocycles. The van der Waals surface area contributed by atoms with Gasteiger partial charge >= 0.3 is 30.2 Å². The highest BCUT2D eigenvalue weighted by atomic mass is 32.2. The zero-order chi connectivity index (χ0) is 57.5. The monoisotopic (exact) mass is 1130 g/mol. The normalized spacial score (nSPS) is 14.6. The maximum Gasteiger partial charge on any atom is 0.490 e. The molecule has 1 aromatic heterocycles. The van der Waals surface area contributed by atoms with Crippen LogP contribution in [0.15, 0.2) is 153 Å². The van der Waals surface area contributed by atoms with E-state index in [1.807, 2.05) is 42.5 Å². The van der Waals surface area contributed by atoms with Crippen molar-refractivity contribution in [2.75, 3.05) is 60.7 Å². The van der Waals surface area contributed by atoms with Crippen LogP contribution in [0.25, 0.3) is 6.08 Å². The fourth-order valence-corrected chi connectivity index (χ4v) is 8.69. The fourth-order valence-electron chi connectivity index (χ4n) is 7.66. The number of benzene rings is 5. The number of aliphatic hydroxyl groups excluding tert-OH is 1. The van der Waals surface area contributed by atoms with Gasteiger partial charge < -0.3 is 62.0 Å². The molecule has 10 N–H and O–H groups in total. The number of carboxylic acids is 1. The van der Waals surface area contributed by atoms with Gasteiger partial charge in [-0.05, 0) is 110 Å². The van der Waals surface area contributed by atoms with Crippen molar-refractivity contribution in [3.63, 3.8) is 0 Å². The van der Waals surface area contributed by atoms with Gasteiger partial charge in [-0.3, -0.25) is 14.8 Å². The Hall–Kier alpha value is -10.2. The third-order valence-electron chi connectivity index (χ3n) is 11.4.